The van der Waals surface area contributed by atoms with Gasteiger partial charge in [0.1, 0.15) is 5.60 Å². The van der Waals surface area contributed by atoms with Crippen molar-refractivity contribution in [3.8, 4) is 0 Å². The molecule has 2 saturated heterocycles. The maximum Gasteiger partial charge on any atom is 0.410 e. The van der Waals surface area contributed by atoms with E-state index in [0.717, 1.165) is 43.8 Å². The second kappa shape index (κ2) is 10.4. The SMILES string of the molecule is CCNC(=NCC(O)Cc1ccccc1)NC1CC2CCC(C1)N2C(=O)OC(C)(C)C. The highest BCUT2D eigenvalue weighted by molar-refractivity contribution is 5.80. The average Bonchev–Trinajstić information content (AvgIpc) is 2.97. The van der Waals surface area contributed by atoms with Crippen LogP contribution in [-0.4, -0.2) is 65.0 Å². The van der Waals surface area contributed by atoms with Crippen LogP contribution in [0, 0.1) is 0 Å². The van der Waals surface area contributed by atoms with Crippen molar-refractivity contribution in [2.24, 2.45) is 4.99 Å². The summed E-state index contributed by atoms with van der Waals surface area (Å²) in [6, 6.07) is 10.6. The number of carbonyl (C=O) groups is 1. The Balaban J connectivity index is 1.55. The van der Waals surface area contributed by atoms with Crippen LogP contribution in [0.25, 0.3) is 0 Å². The van der Waals surface area contributed by atoms with Gasteiger partial charge in [-0.15, -0.1) is 0 Å². The van der Waals surface area contributed by atoms with Crippen molar-refractivity contribution in [3.05, 3.63) is 35.9 Å². The number of nitrogens with one attached hydrogen (secondary N) is 2. The molecule has 3 atom stereocenters. The van der Waals surface area contributed by atoms with E-state index in [0.29, 0.717) is 13.0 Å². The van der Waals surface area contributed by atoms with E-state index in [1.807, 2.05) is 62.9 Å². The normalized spacial score (nSPS) is 24.6. The number of amides is 1. The molecule has 2 bridgehead atoms. The summed E-state index contributed by atoms with van der Waals surface area (Å²) in [5.41, 5.74) is 0.631. The second-order valence-electron chi connectivity index (χ2n) is 9.65. The van der Waals surface area contributed by atoms with Crippen LogP contribution in [0.5, 0.6) is 0 Å². The summed E-state index contributed by atoms with van der Waals surface area (Å²) in [6.07, 6.45) is 3.67. The number of nitrogens with zero attached hydrogens (tertiary/aromatic N) is 2. The van der Waals surface area contributed by atoms with Gasteiger partial charge in [0.2, 0.25) is 0 Å². The number of hydrogen-bond donors (Lipinski definition) is 3. The average molecular weight is 431 g/mol. The van der Waals surface area contributed by atoms with E-state index in [4.69, 9.17) is 4.74 Å². The molecule has 1 aromatic carbocycles. The fourth-order valence-electron chi connectivity index (χ4n) is 4.57. The van der Waals surface area contributed by atoms with Gasteiger partial charge in [0.15, 0.2) is 5.96 Å². The number of piperidine rings is 1. The molecule has 0 radical (unpaired) electrons. The van der Waals surface area contributed by atoms with Crippen LogP contribution < -0.4 is 10.6 Å². The zero-order valence-electron chi connectivity index (χ0n) is 19.3. The van der Waals surface area contributed by atoms with Crippen LogP contribution in [0.1, 0.15) is 58.9 Å². The Morgan fingerprint density at radius 2 is 1.87 bits per heavy atom. The molecule has 0 saturated carbocycles. The van der Waals surface area contributed by atoms with Gasteiger partial charge < -0.3 is 25.4 Å². The minimum absolute atomic E-state index is 0.192. The topological polar surface area (TPSA) is 86.2 Å². The molecule has 172 valence electrons. The predicted octanol–water partition coefficient (Wildman–Crippen LogP) is 3.08. The van der Waals surface area contributed by atoms with Crippen LogP contribution in [0.15, 0.2) is 35.3 Å². The van der Waals surface area contributed by atoms with Gasteiger partial charge in [-0.3, -0.25) is 4.99 Å². The third-order valence-corrected chi connectivity index (χ3v) is 5.80. The summed E-state index contributed by atoms with van der Waals surface area (Å²) in [4.78, 5) is 19.2. The fourth-order valence-corrected chi connectivity index (χ4v) is 4.57. The van der Waals surface area contributed by atoms with Crippen LogP contribution in [0.4, 0.5) is 4.79 Å². The monoisotopic (exact) mass is 430 g/mol. The number of ether oxygens (including phenoxy) is 1. The lowest BCUT2D eigenvalue weighted by molar-refractivity contribution is 0.00544. The Hall–Kier alpha value is -2.28. The first-order valence-electron chi connectivity index (χ1n) is 11.5. The summed E-state index contributed by atoms with van der Waals surface area (Å²) < 4.78 is 5.63. The van der Waals surface area contributed by atoms with Crippen molar-refractivity contribution in [1.29, 1.82) is 0 Å². The van der Waals surface area contributed by atoms with Crippen LogP contribution in [-0.2, 0) is 11.2 Å². The molecule has 0 aliphatic carbocycles. The molecule has 0 aromatic heterocycles. The number of benzene rings is 1. The lowest BCUT2D eigenvalue weighted by Gasteiger charge is -2.40. The van der Waals surface area contributed by atoms with Gasteiger partial charge >= 0.3 is 6.09 Å². The molecule has 3 N–H and O–H groups in total. The van der Waals surface area contributed by atoms with E-state index in [1.54, 1.807) is 0 Å². The van der Waals surface area contributed by atoms with Crippen molar-refractivity contribution < 1.29 is 14.6 Å². The van der Waals surface area contributed by atoms with Gasteiger partial charge in [-0.2, -0.15) is 0 Å². The molecule has 1 amide bonds. The van der Waals surface area contributed by atoms with Crippen LogP contribution in [0.3, 0.4) is 0 Å². The minimum Gasteiger partial charge on any atom is -0.444 e. The van der Waals surface area contributed by atoms with Gasteiger partial charge in [0.25, 0.3) is 0 Å². The molecule has 2 heterocycles. The number of fused-ring (bicyclic) bond motifs is 2. The van der Waals surface area contributed by atoms with Crippen LogP contribution >= 0.6 is 0 Å². The number of hydrogen-bond acceptors (Lipinski definition) is 4. The summed E-state index contributed by atoms with van der Waals surface area (Å²) >= 11 is 0. The van der Waals surface area contributed by atoms with Crippen molar-refractivity contribution in [1.82, 2.24) is 15.5 Å². The van der Waals surface area contributed by atoms with E-state index in [2.05, 4.69) is 15.6 Å². The third kappa shape index (κ3) is 6.86. The predicted molar refractivity (Wildman–Crippen MR) is 123 cm³/mol. The number of guanidine groups is 1. The van der Waals surface area contributed by atoms with Crippen molar-refractivity contribution >= 4 is 12.1 Å². The summed E-state index contributed by atoms with van der Waals surface area (Å²) in [7, 11) is 0. The number of aliphatic hydroxyl groups excluding tert-OH is 1. The largest absolute Gasteiger partial charge is 0.444 e. The maximum absolute atomic E-state index is 12.7. The van der Waals surface area contributed by atoms with Crippen molar-refractivity contribution in [3.63, 3.8) is 0 Å². The number of aliphatic imine (C=N–C) groups is 1. The number of aliphatic hydroxyl groups is 1. The van der Waals surface area contributed by atoms with Gasteiger partial charge in [-0.05, 0) is 58.9 Å². The van der Waals surface area contributed by atoms with Gasteiger partial charge in [-0.1, -0.05) is 30.3 Å². The first-order chi connectivity index (χ1) is 14.7. The Morgan fingerprint density at radius 1 is 1.23 bits per heavy atom. The smallest absolute Gasteiger partial charge is 0.410 e. The molecule has 31 heavy (non-hydrogen) atoms. The van der Waals surface area contributed by atoms with Crippen molar-refractivity contribution in [2.45, 2.75) is 89.6 Å². The highest BCUT2D eigenvalue weighted by Crippen LogP contribution is 2.36. The first kappa shape index (κ1) is 23.4. The van der Waals surface area contributed by atoms with E-state index < -0.39 is 11.7 Å². The molecule has 2 aliphatic heterocycles. The Bertz CT molecular complexity index is 733. The van der Waals surface area contributed by atoms with E-state index in [9.17, 15) is 9.90 Å². The molecule has 7 nitrogen and oxygen atoms in total. The molecule has 2 aliphatic rings. The first-order valence-corrected chi connectivity index (χ1v) is 11.5. The Kier molecular flexibility index (Phi) is 7.81. The molecule has 2 fully saturated rings. The quantitative estimate of drug-likeness (QED) is 0.477. The molecule has 3 unspecified atom stereocenters. The zero-order valence-corrected chi connectivity index (χ0v) is 19.3. The second-order valence-corrected chi connectivity index (χ2v) is 9.65. The van der Waals surface area contributed by atoms with Crippen LogP contribution in [0.2, 0.25) is 0 Å². The fraction of sp³-hybridized carbons (Fsp3) is 0.667. The zero-order chi connectivity index (χ0) is 22.4. The highest BCUT2D eigenvalue weighted by Gasteiger charge is 2.45. The molecule has 1 aromatic rings. The Morgan fingerprint density at radius 3 is 2.45 bits per heavy atom. The van der Waals surface area contributed by atoms with Gasteiger partial charge in [0, 0.05) is 31.1 Å². The number of carbonyl (C=O) groups excluding carboxylic acids is 1. The van der Waals surface area contributed by atoms with Crippen molar-refractivity contribution in [2.75, 3.05) is 13.1 Å². The lowest BCUT2D eigenvalue weighted by atomic mass is 9.98. The maximum atomic E-state index is 12.7. The summed E-state index contributed by atoms with van der Waals surface area (Å²) in [6.45, 7) is 8.86. The van der Waals surface area contributed by atoms with Gasteiger partial charge in [0.05, 0.1) is 12.6 Å². The summed E-state index contributed by atoms with van der Waals surface area (Å²) in [5.74, 6) is 0.727. The Labute approximate surface area is 186 Å². The summed E-state index contributed by atoms with van der Waals surface area (Å²) in [5, 5.41) is 17.2. The van der Waals surface area contributed by atoms with E-state index in [-0.39, 0.29) is 24.2 Å². The standard InChI is InChI=1S/C24H38N4O3/c1-5-25-22(26-16-21(29)13-17-9-7-6-8-10-17)27-18-14-19-11-12-20(15-18)28(19)23(30)31-24(2,3)4/h6-10,18-21,29H,5,11-16H2,1-4H3,(H2,25,26,27). The molecular formula is C24H38N4O3. The minimum atomic E-state index is -0.525. The molecular weight excluding hydrogens is 392 g/mol. The van der Waals surface area contributed by atoms with Gasteiger partial charge in [-0.25, -0.2) is 4.79 Å². The molecule has 0 spiro atoms. The number of rotatable bonds is 6. The third-order valence-electron chi connectivity index (χ3n) is 5.80. The van der Waals surface area contributed by atoms with E-state index >= 15 is 0 Å². The highest BCUT2D eigenvalue weighted by atomic mass is 16.6. The van der Waals surface area contributed by atoms with E-state index in [1.165, 1.54) is 0 Å². The lowest BCUT2D eigenvalue weighted by Crippen LogP contribution is -2.55. The molecule has 3 rings (SSSR count). The molecule has 7 heteroatoms.